The molecule has 1 saturated carbocycles. The molecule has 0 radical (unpaired) electrons. The number of allylic oxidation sites excluding steroid dienone is 1. The van der Waals surface area contributed by atoms with Gasteiger partial charge in [-0.15, -0.1) is 6.58 Å². The van der Waals surface area contributed by atoms with E-state index in [1.165, 1.54) is 19.2 Å². The normalized spacial score (nSPS) is 22.5. The molecule has 338 valence electrons. The number of fused-ring (bicyclic) bond motifs is 2. The van der Waals surface area contributed by atoms with Crippen LogP contribution in [0.3, 0.4) is 0 Å². The lowest BCUT2D eigenvalue weighted by atomic mass is 9.55. The summed E-state index contributed by atoms with van der Waals surface area (Å²) in [5, 5.41) is 27.6. The maximum Gasteiger partial charge on any atom is 0.412 e. The first-order chi connectivity index (χ1) is 31.3. The van der Waals surface area contributed by atoms with Gasteiger partial charge in [0.1, 0.15) is 30.0 Å². The fourth-order valence-electron chi connectivity index (χ4n) is 9.59. The zero-order valence-corrected chi connectivity index (χ0v) is 36.3. The van der Waals surface area contributed by atoms with Crippen molar-refractivity contribution in [2.45, 2.75) is 82.4 Å². The molecule has 0 aromatic heterocycles. The van der Waals surface area contributed by atoms with Crippen molar-refractivity contribution in [2.24, 2.45) is 22.9 Å². The Morgan fingerprint density at radius 3 is 2.31 bits per heavy atom. The number of amides is 2. The molecule has 7 rings (SSSR count). The first-order valence-corrected chi connectivity index (χ1v) is 22.1. The summed E-state index contributed by atoms with van der Waals surface area (Å²) in [5.41, 5.74) is 4.73. The van der Waals surface area contributed by atoms with Crippen LogP contribution in [-0.2, 0) is 34.0 Å². The van der Waals surface area contributed by atoms with Gasteiger partial charge in [0.2, 0.25) is 5.79 Å². The van der Waals surface area contributed by atoms with E-state index in [0.717, 1.165) is 41.5 Å². The number of nitrogens with zero attached hydrogens (tertiary/aromatic N) is 2. The summed E-state index contributed by atoms with van der Waals surface area (Å²) in [6.07, 6.45) is 6.93. The molecule has 0 saturated heterocycles. The summed E-state index contributed by atoms with van der Waals surface area (Å²) in [6.45, 7) is 4.65. The first kappa shape index (κ1) is 46.0. The molecule has 3 aliphatic rings. The van der Waals surface area contributed by atoms with Crippen LogP contribution in [0.1, 0.15) is 73.1 Å². The zero-order chi connectivity index (χ0) is 44.9. The molecule has 1 heterocycles. The summed E-state index contributed by atoms with van der Waals surface area (Å²) in [4.78, 5) is 35.2. The number of hydrogen-bond donors (Lipinski definition) is 3. The number of aliphatic hydroxyl groups is 2. The minimum atomic E-state index is -1.56. The molecule has 0 unspecified atom stereocenters. The fraction of sp³-hybridized carbons (Fsp3) is 0.392. The van der Waals surface area contributed by atoms with Gasteiger partial charge in [-0.1, -0.05) is 103 Å². The average molecular weight is 876 g/mol. The quantitative estimate of drug-likeness (QED) is 0.0449. The van der Waals surface area contributed by atoms with E-state index in [2.05, 4.69) is 18.0 Å². The van der Waals surface area contributed by atoms with Crippen molar-refractivity contribution in [3.8, 4) is 11.5 Å². The number of carbonyl (C=O) groups excluding carboxylic acids is 2. The van der Waals surface area contributed by atoms with Crippen molar-refractivity contribution in [3.05, 3.63) is 156 Å². The third kappa shape index (κ3) is 10.7. The molecule has 0 spiro atoms. The standard InChI is InChI=1S/C51H58FN3O9/c1-3-28-61-51-46(55(50(59)60-2)33-36-20-22-39(52)23-21-36)31-44(54-62-34-37-16-8-5-9-17-37)42-29-38(18-10-12-26-56)41(19-11-13-27-57)47(48(42)51)43-30-40(24-25-45(43)64-51)63-49(58)53-32-35-14-6-4-7-15-35/h3-9,14-17,20-25,29-30,38,41,46-48,56-57H,1,10-13,18-19,26-28,31-34H2,2H3,(H,53,58)/t38-,41+,46-,47+,48+,51+/m0/s1. The van der Waals surface area contributed by atoms with E-state index in [4.69, 9.17) is 28.9 Å². The van der Waals surface area contributed by atoms with E-state index < -0.39 is 35.8 Å². The SMILES string of the molecule is C=CCO[C@@]12Oc3ccc(OC(=O)NCc4ccccc4)cc3[C@H]3[C@H](CCCCO)[C@@H](CCCCO)C=C(C(=NOCc4ccccc4)C[C@@H]1N(Cc1ccc(F)cc1)C(=O)OC)[C@H]32. The second kappa shape index (κ2) is 22.1. The summed E-state index contributed by atoms with van der Waals surface area (Å²) >= 11 is 0. The van der Waals surface area contributed by atoms with Crippen LogP contribution in [0.5, 0.6) is 11.5 Å². The number of aliphatic hydroxyl groups excluding tert-OH is 2. The number of carbonyl (C=O) groups is 2. The Labute approximate surface area is 374 Å². The van der Waals surface area contributed by atoms with Gasteiger partial charge < -0.3 is 39.3 Å². The predicted molar refractivity (Wildman–Crippen MR) is 240 cm³/mol. The van der Waals surface area contributed by atoms with Crippen LogP contribution in [0.4, 0.5) is 14.0 Å². The molecule has 2 amide bonds. The van der Waals surface area contributed by atoms with Gasteiger partial charge in [-0.25, -0.2) is 14.0 Å². The zero-order valence-electron chi connectivity index (χ0n) is 36.3. The molecule has 6 atom stereocenters. The van der Waals surface area contributed by atoms with Gasteiger partial charge in [-0.05, 0) is 90.1 Å². The monoisotopic (exact) mass is 875 g/mol. The number of methoxy groups -OCH3 is 1. The molecule has 13 heteroatoms. The molecule has 3 N–H and O–H groups in total. The fourth-order valence-corrected chi connectivity index (χ4v) is 9.59. The van der Waals surface area contributed by atoms with Gasteiger partial charge in [-0.3, -0.25) is 4.90 Å². The maximum absolute atomic E-state index is 14.2. The van der Waals surface area contributed by atoms with E-state index >= 15 is 0 Å². The summed E-state index contributed by atoms with van der Waals surface area (Å²) in [6, 6.07) is 29.6. The largest absolute Gasteiger partial charge is 0.459 e. The topological polar surface area (TPSA) is 148 Å². The Morgan fingerprint density at radius 2 is 1.62 bits per heavy atom. The lowest BCUT2D eigenvalue weighted by molar-refractivity contribution is -0.256. The summed E-state index contributed by atoms with van der Waals surface area (Å²) < 4.78 is 39.9. The molecule has 1 aliphatic heterocycles. The molecular weight excluding hydrogens is 818 g/mol. The number of hydrogen-bond acceptors (Lipinski definition) is 10. The van der Waals surface area contributed by atoms with E-state index in [9.17, 15) is 24.2 Å². The third-order valence-corrected chi connectivity index (χ3v) is 12.4. The number of rotatable bonds is 20. The van der Waals surface area contributed by atoms with E-state index in [-0.39, 0.29) is 63.7 Å². The highest BCUT2D eigenvalue weighted by molar-refractivity contribution is 6.03. The smallest absolute Gasteiger partial charge is 0.412 e. The number of halogens is 1. The summed E-state index contributed by atoms with van der Waals surface area (Å²) in [7, 11) is 1.32. The molecule has 1 fully saturated rings. The number of benzene rings is 4. The average Bonchev–Trinajstić information content (AvgIpc) is 3.32. The van der Waals surface area contributed by atoms with Gasteiger partial charge in [0, 0.05) is 44.2 Å². The second-order valence-corrected chi connectivity index (χ2v) is 16.5. The van der Waals surface area contributed by atoms with Gasteiger partial charge in [-0.2, -0.15) is 0 Å². The van der Waals surface area contributed by atoms with Crippen molar-refractivity contribution in [2.75, 3.05) is 26.9 Å². The van der Waals surface area contributed by atoms with Crippen molar-refractivity contribution < 1.29 is 48.0 Å². The number of unbranched alkanes of at least 4 members (excludes halogenated alkanes) is 2. The van der Waals surface area contributed by atoms with E-state index in [1.54, 1.807) is 35.2 Å². The van der Waals surface area contributed by atoms with Crippen LogP contribution in [0.2, 0.25) is 0 Å². The van der Waals surface area contributed by atoms with Crippen molar-refractivity contribution >= 4 is 17.9 Å². The minimum absolute atomic E-state index is 0.0184. The lowest BCUT2D eigenvalue weighted by Gasteiger charge is -2.59. The van der Waals surface area contributed by atoms with Crippen molar-refractivity contribution in [3.63, 3.8) is 0 Å². The predicted octanol–water partition coefficient (Wildman–Crippen LogP) is 9.22. The number of oxime groups is 1. The number of nitrogens with one attached hydrogen (secondary N) is 1. The van der Waals surface area contributed by atoms with E-state index in [1.807, 2.05) is 66.7 Å². The molecule has 0 bridgehead atoms. The lowest BCUT2D eigenvalue weighted by Crippen LogP contribution is -2.70. The van der Waals surface area contributed by atoms with Crippen LogP contribution < -0.4 is 14.8 Å². The molecule has 4 aromatic rings. The Bertz CT molecular complexity index is 2240. The molecule has 64 heavy (non-hydrogen) atoms. The van der Waals surface area contributed by atoms with Gasteiger partial charge in [0.25, 0.3) is 0 Å². The highest BCUT2D eigenvalue weighted by atomic mass is 19.1. The number of ether oxygens (including phenoxy) is 4. The second-order valence-electron chi connectivity index (χ2n) is 16.5. The molecule has 12 nitrogen and oxygen atoms in total. The van der Waals surface area contributed by atoms with Crippen LogP contribution >= 0.6 is 0 Å². The highest BCUT2D eigenvalue weighted by Gasteiger charge is 2.65. The van der Waals surface area contributed by atoms with Gasteiger partial charge in [0.05, 0.1) is 25.3 Å². The minimum Gasteiger partial charge on any atom is -0.459 e. The molecular formula is C51H58FN3O9. The van der Waals surface area contributed by atoms with Gasteiger partial charge >= 0.3 is 12.2 Å². The highest BCUT2D eigenvalue weighted by Crippen LogP contribution is 2.62. The Kier molecular flexibility index (Phi) is 15.8. The van der Waals surface area contributed by atoms with Crippen LogP contribution in [0.15, 0.2) is 133 Å². The van der Waals surface area contributed by atoms with Crippen molar-refractivity contribution in [1.29, 1.82) is 0 Å². The van der Waals surface area contributed by atoms with Crippen LogP contribution in [0, 0.1) is 23.6 Å². The Hall–Kier alpha value is -6.02. The van der Waals surface area contributed by atoms with Gasteiger partial charge in [0.15, 0.2) is 0 Å². The van der Waals surface area contributed by atoms with E-state index in [0.29, 0.717) is 42.0 Å². The maximum atomic E-state index is 14.2. The first-order valence-electron chi connectivity index (χ1n) is 22.1. The Morgan fingerprint density at radius 1 is 0.922 bits per heavy atom. The Balaban J connectivity index is 1.40. The van der Waals surface area contributed by atoms with Crippen LogP contribution in [0.25, 0.3) is 0 Å². The third-order valence-electron chi connectivity index (χ3n) is 12.4. The van der Waals surface area contributed by atoms with Crippen LogP contribution in [-0.4, -0.2) is 71.8 Å². The summed E-state index contributed by atoms with van der Waals surface area (Å²) in [5.74, 6) is -2.24. The van der Waals surface area contributed by atoms with Crippen molar-refractivity contribution in [1.82, 2.24) is 10.2 Å². The molecule has 2 aliphatic carbocycles. The molecule has 4 aromatic carbocycles.